The van der Waals surface area contributed by atoms with Crippen LogP contribution in [-0.2, 0) is 4.79 Å². The van der Waals surface area contributed by atoms with Crippen LogP contribution in [0, 0.1) is 11.3 Å². The van der Waals surface area contributed by atoms with Gasteiger partial charge in [-0.3, -0.25) is 4.79 Å². The van der Waals surface area contributed by atoms with Crippen LogP contribution >= 0.6 is 11.6 Å². The van der Waals surface area contributed by atoms with E-state index in [4.69, 9.17) is 21.1 Å². The zero-order chi connectivity index (χ0) is 19.2. The molecule has 1 aliphatic heterocycles. The van der Waals surface area contributed by atoms with Crippen molar-refractivity contribution in [3.05, 3.63) is 23.2 Å². The number of nitrogens with zero attached hydrogens (tertiary/aromatic N) is 1. The van der Waals surface area contributed by atoms with E-state index in [1.807, 2.05) is 24.0 Å². The molecule has 1 aromatic rings. The highest BCUT2D eigenvalue weighted by molar-refractivity contribution is 6.32. The summed E-state index contributed by atoms with van der Waals surface area (Å²) in [5.74, 6) is 1.68. The standard InChI is InChI=1S/C21H28ClNO4/c1-20(25)10-14(11-20)19(24)23-12-21(13-23)7-5-15(6-8-21)27-16-3-4-17(22)18(9-16)26-2/h3-4,9,14-15,25H,5-8,10-13H2,1-2H3/t14-,20+. The predicted molar refractivity (Wildman–Crippen MR) is 103 cm³/mol. The molecule has 1 amide bonds. The van der Waals surface area contributed by atoms with Gasteiger partial charge in [-0.15, -0.1) is 0 Å². The molecule has 3 aliphatic rings. The molecule has 0 radical (unpaired) electrons. The number of hydrogen-bond acceptors (Lipinski definition) is 4. The largest absolute Gasteiger partial charge is 0.495 e. The number of likely N-dealkylation sites (tertiary alicyclic amines) is 1. The lowest BCUT2D eigenvalue weighted by atomic mass is 9.66. The minimum atomic E-state index is -0.636. The number of ether oxygens (including phenoxy) is 2. The summed E-state index contributed by atoms with van der Waals surface area (Å²) in [6.45, 7) is 3.55. The average Bonchev–Trinajstić information content (AvgIpc) is 2.59. The van der Waals surface area contributed by atoms with Crippen LogP contribution in [0.15, 0.2) is 18.2 Å². The summed E-state index contributed by atoms with van der Waals surface area (Å²) in [6.07, 6.45) is 5.61. The van der Waals surface area contributed by atoms with E-state index in [2.05, 4.69) is 0 Å². The van der Waals surface area contributed by atoms with Gasteiger partial charge >= 0.3 is 0 Å². The van der Waals surface area contributed by atoms with E-state index in [1.165, 1.54) is 0 Å². The molecule has 0 bridgehead atoms. The van der Waals surface area contributed by atoms with E-state index in [9.17, 15) is 9.90 Å². The van der Waals surface area contributed by atoms with Crippen molar-refractivity contribution in [3.63, 3.8) is 0 Å². The molecule has 1 N–H and O–H groups in total. The van der Waals surface area contributed by atoms with Crippen LogP contribution in [0.4, 0.5) is 0 Å². The van der Waals surface area contributed by atoms with Crippen LogP contribution in [0.5, 0.6) is 11.5 Å². The van der Waals surface area contributed by atoms with Crippen LogP contribution in [0.2, 0.25) is 5.02 Å². The molecule has 0 atom stereocenters. The Morgan fingerprint density at radius 2 is 1.93 bits per heavy atom. The fourth-order valence-corrected chi connectivity index (χ4v) is 5.09. The second-order valence-electron chi connectivity index (χ2n) is 8.91. The summed E-state index contributed by atoms with van der Waals surface area (Å²) in [5, 5.41) is 10.4. The maximum atomic E-state index is 12.5. The van der Waals surface area contributed by atoms with Crippen molar-refractivity contribution >= 4 is 17.5 Å². The zero-order valence-electron chi connectivity index (χ0n) is 16.0. The number of halogens is 1. The predicted octanol–water partition coefficient (Wildman–Crippen LogP) is 3.66. The molecule has 0 unspecified atom stereocenters. The van der Waals surface area contributed by atoms with E-state index in [1.54, 1.807) is 13.2 Å². The molecule has 0 aromatic heterocycles. The van der Waals surface area contributed by atoms with Crippen LogP contribution in [-0.4, -0.2) is 47.8 Å². The molecule has 1 heterocycles. The van der Waals surface area contributed by atoms with Crippen LogP contribution in [0.25, 0.3) is 0 Å². The topological polar surface area (TPSA) is 59.0 Å². The van der Waals surface area contributed by atoms with Gasteiger partial charge in [-0.25, -0.2) is 0 Å². The van der Waals surface area contributed by atoms with Crippen molar-refractivity contribution in [2.75, 3.05) is 20.2 Å². The maximum absolute atomic E-state index is 12.5. The Labute approximate surface area is 165 Å². The van der Waals surface area contributed by atoms with Crippen LogP contribution in [0.3, 0.4) is 0 Å². The maximum Gasteiger partial charge on any atom is 0.225 e. The Balaban J connectivity index is 1.25. The molecular weight excluding hydrogens is 366 g/mol. The zero-order valence-corrected chi connectivity index (χ0v) is 16.8. The van der Waals surface area contributed by atoms with Crippen molar-refractivity contribution in [2.45, 2.75) is 57.2 Å². The quantitative estimate of drug-likeness (QED) is 0.848. The summed E-state index contributed by atoms with van der Waals surface area (Å²) in [5.41, 5.74) is -0.359. The third-order valence-corrected chi connectivity index (χ3v) is 6.82. The Morgan fingerprint density at radius 1 is 1.26 bits per heavy atom. The Morgan fingerprint density at radius 3 is 2.52 bits per heavy atom. The molecule has 5 nitrogen and oxygen atoms in total. The number of hydrogen-bond donors (Lipinski definition) is 1. The minimum Gasteiger partial charge on any atom is -0.495 e. The molecular formula is C21H28ClNO4. The van der Waals surface area contributed by atoms with Gasteiger partial charge in [0.05, 0.1) is 23.8 Å². The second-order valence-corrected chi connectivity index (χ2v) is 9.32. The Kier molecular flexibility index (Phi) is 4.79. The van der Waals surface area contributed by atoms with Gasteiger partial charge in [0.15, 0.2) is 0 Å². The lowest BCUT2D eigenvalue weighted by molar-refractivity contribution is -0.164. The van der Waals surface area contributed by atoms with Gasteiger partial charge in [0.25, 0.3) is 0 Å². The Bertz CT molecular complexity index is 711. The number of aliphatic hydroxyl groups is 1. The molecule has 1 saturated heterocycles. The van der Waals surface area contributed by atoms with Gasteiger partial charge < -0.3 is 19.5 Å². The number of amides is 1. The molecule has 2 aliphatic carbocycles. The van der Waals surface area contributed by atoms with Gasteiger partial charge in [0.1, 0.15) is 11.5 Å². The summed E-state index contributed by atoms with van der Waals surface area (Å²) >= 11 is 6.07. The average molecular weight is 394 g/mol. The van der Waals surface area contributed by atoms with E-state index in [-0.39, 0.29) is 23.3 Å². The van der Waals surface area contributed by atoms with E-state index in [0.29, 0.717) is 23.6 Å². The molecule has 1 spiro atoms. The van der Waals surface area contributed by atoms with Crippen molar-refractivity contribution in [1.29, 1.82) is 0 Å². The van der Waals surface area contributed by atoms with E-state index >= 15 is 0 Å². The summed E-state index contributed by atoms with van der Waals surface area (Å²) < 4.78 is 11.4. The van der Waals surface area contributed by atoms with Crippen molar-refractivity contribution in [3.8, 4) is 11.5 Å². The Hall–Kier alpha value is -1.46. The van der Waals surface area contributed by atoms with Crippen LogP contribution in [0.1, 0.15) is 45.4 Å². The highest BCUT2D eigenvalue weighted by Gasteiger charge is 2.51. The van der Waals surface area contributed by atoms with Gasteiger partial charge in [0.2, 0.25) is 5.91 Å². The van der Waals surface area contributed by atoms with Gasteiger partial charge in [0, 0.05) is 30.5 Å². The minimum absolute atomic E-state index is 0.0249. The van der Waals surface area contributed by atoms with Crippen LogP contribution < -0.4 is 9.47 Å². The van der Waals surface area contributed by atoms with Crippen molar-refractivity contribution in [1.82, 2.24) is 4.90 Å². The molecule has 4 rings (SSSR count). The molecule has 2 saturated carbocycles. The van der Waals surface area contributed by atoms with Gasteiger partial charge in [-0.05, 0) is 57.6 Å². The first-order valence-electron chi connectivity index (χ1n) is 9.81. The fraction of sp³-hybridized carbons (Fsp3) is 0.667. The number of carbonyl (C=O) groups is 1. The van der Waals surface area contributed by atoms with Gasteiger partial charge in [-0.2, -0.15) is 0 Å². The highest BCUT2D eigenvalue weighted by atomic mass is 35.5. The fourth-order valence-electron chi connectivity index (χ4n) is 4.90. The normalized spacial score (nSPS) is 29.8. The van der Waals surface area contributed by atoms with E-state index < -0.39 is 5.60 Å². The first-order valence-corrected chi connectivity index (χ1v) is 10.2. The van der Waals surface area contributed by atoms with Crippen molar-refractivity contribution in [2.24, 2.45) is 11.3 Å². The highest BCUT2D eigenvalue weighted by Crippen LogP contribution is 2.47. The van der Waals surface area contributed by atoms with Gasteiger partial charge in [-0.1, -0.05) is 11.6 Å². The lowest BCUT2D eigenvalue weighted by Gasteiger charge is -2.55. The SMILES string of the molecule is COc1cc(OC2CCC3(CC2)CN(C(=O)[C@H]2C[C@@](C)(O)C2)C3)ccc1Cl. The lowest BCUT2D eigenvalue weighted by Crippen LogP contribution is -2.63. The third-order valence-electron chi connectivity index (χ3n) is 6.50. The smallest absolute Gasteiger partial charge is 0.225 e. The first kappa shape index (κ1) is 18.9. The summed E-state index contributed by atoms with van der Waals surface area (Å²) in [6, 6.07) is 5.52. The summed E-state index contributed by atoms with van der Waals surface area (Å²) in [4.78, 5) is 14.5. The second kappa shape index (κ2) is 6.85. The molecule has 27 heavy (non-hydrogen) atoms. The number of carbonyl (C=O) groups excluding carboxylic acids is 1. The third kappa shape index (κ3) is 3.77. The monoisotopic (exact) mass is 393 g/mol. The number of rotatable bonds is 4. The first-order chi connectivity index (χ1) is 12.8. The van der Waals surface area contributed by atoms with E-state index in [0.717, 1.165) is 44.5 Å². The molecule has 1 aromatic carbocycles. The number of benzene rings is 1. The molecule has 148 valence electrons. The number of methoxy groups -OCH3 is 1. The van der Waals surface area contributed by atoms with Crippen molar-refractivity contribution < 1.29 is 19.4 Å². The molecule has 3 fully saturated rings. The molecule has 6 heteroatoms. The summed E-state index contributed by atoms with van der Waals surface area (Å²) in [7, 11) is 1.60.